The third-order valence-electron chi connectivity index (χ3n) is 1.37. The van der Waals surface area contributed by atoms with Crippen LogP contribution in [-0.4, -0.2) is 20.2 Å². The molecule has 0 aromatic carbocycles. The molecule has 1 rings (SSSR count). The number of ether oxygens (including phenoxy) is 1. The smallest absolute Gasteiger partial charge is 0.0810 e. The minimum Gasteiger partial charge on any atom is -0.375 e. The Balaban J connectivity index is 2.15. The largest absolute Gasteiger partial charge is 0.375 e. The minimum atomic E-state index is 0.720. The van der Waals surface area contributed by atoms with Gasteiger partial charge in [0.2, 0.25) is 0 Å². The third-order valence-corrected chi connectivity index (χ3v) is 2.97. The number of hydrogen-bond acceptors (Lipinski definition) is 3. The maximum Gasteiger partial charge on any atom is 0.0810 e. The van der Waals surface area contributed by atoms with Gasteiger partial charge in [-0.25, -0.2) is 0 Å². The van der Waals surface area contributed by atoms with Crippen molar-refractivity contribution in [1.82, 2.24) is 5.32 Å². The topological polar surface area (TPSA) is 21.3 Å². The summed E-state index contributed by atoms with van der Waals surface area (Å²) in [5, 5.41) is 3.03. The molecule has 0 aliphatic heterocycles. The number of likely N-dealkylation sites (N-methyl/N-ethyl adjacent to an activating group) is 1. The Morgan fingerprint density at radius 2 is 2.42 bits per heavy atom. The van der Waals surface area contributed by atoms with Gasteiger partial charge in [0.1, 0.15) is 0 Å². The van der Waals surface area contributed by atoms with Gasteiger partial charge in [-0.1, -0.05) is 0 Å². The van der Waals surface area contributed by atoms with Gasteiger partial charge in [0, 0.05) is 11.4 Å². The van der Waals surface area contributed by atoms with E-state index in [1.165, 1.54) is 4.88 Å². The zero-order chi connectivity index (χ0) is 8.81. The number of thiophene rings is 1. The summed E-state index contributed by atoms with van der Waals surface area (Å²) in [7, 11) is 1.92. The molecule has 0 atom stereocenters. The Morgan fingerprint density at radius 1 is 1.58 bits per heavy atom. The molecule has 1 heterocycles. The lowest BCUT2D eigenvalue weighted by molar-refractivity contribution is 0.126. The van der Waals surface area contributed by atoms with Gasteiger partial charge in [-0.2, -0.15) is 0 Å². The van der Waals surface area contributed by atoms with Crippen molar-refractivity contribution in [1.29, 1.82) is 0 Å². The molecule has 0 unspecified atom stereocenters. The SMILES string of the molecule is CNCCOCc1ccc(Br)s1. The summed E-state index contributed by atoms with van der Waals surface area (Å²) >= 11 is 5.12. The van der Waals surface area contributed by atoms with Crippen LogP contribution in [0.15, 0.2) is 15.9 Å². The molecule has 12 heavy (non-hydrogen) atoms. The van der Waals surface area contributed by atoms with Gasteiger partial charge in [0.05, 0.1) is 17.0 Å². The van der Waals surface area contributed by atoms with Gasteiger partial charge < -0.3 is 10.1 Å². The lowest BCUT2D eigenvalue weighted by Crippen LogP contribution is -2.13. The Hall–Kier alpha value is 0.1000. The summed E-state index contributed by atoms with van der Waals surface area (Å²) < 4.78 is 6.56. The molecule has 0 aliphatic rings. The molecule has 2 nitrogen and oxygen atoms in total. The highest BCUT2D eigenvalue weighted by atomic mass is 79.9. The van der Waals surface area contributed by atoms with E-state index in [1.54, 1.807) is 11.3 Å². The molecule has 1 aromatic heterocycles. The molecule has 0 radical (unpaired) electrons. The van der Waals surface area contributed by atoms with E-state index in [-0.39, 0.29) is 0 Å². The Labute approximate surface area is 85.1 Å². The van der Waals surface area contributed by atoms with E-state index in [1.807, 2.05) is 13.1 Å². The van der Waals surface area contributed by atoms with Crippen molar-refractivity contribution >= 4 is 27.3 Å². The second kappa shape index (κ2) is 5.70. The monoisotopic (exact) mass is 249 g/mol. The van der Waals surface area contributed by atoms with Gasteiger partial charge in [-0.05, 0) is 35.1 Å². The van der Waals surface area contributed by atoms with Gasteiger partial charge in [0.15, 0.2) is 0 Å². The molecule has 0 fully saturated rings. The van der Waals surface area contributed by atoms with Crippen LogP contribution in [0.1, 0.15) is 4.88 Å². The summed E-state index contributed by atoms with van der Waals surface area (Å²) in [5.41, 5.74) is 0. The van der Waals surface area contributed by atoms with Crippen LogP contribution < -0.4 is 5.32 Å². The van der Waals surface area contributed by atoms with Crippen molar-refractivity contribution in [3.8, 4) is 0 Å². The Morgan fingerprint density at radius 3 is 3.00 bits per heavy atom. The first-order valence-electron chi connectivity index (χ1n) is 3.79. The third kappa shape index (κ3) is 3.67. The number of rotatable bonds is 5. The molecular formula is C8H12BrNOS. The maximum absolute atomic E-state index is 5.40. The molecule has 1 aromatic rings. The molecule has 0 bridgehead atoms. The summed E-state index contributed by atoms with van der Waals surface area (Å²) in [6.07, 6.45) is 0. The van der Waals surface area contributed by atoms with Crippen molar-refractivity contribution in [2.45, 2.75) is 6.61 Å². The molecule has 0 amide bonds. The van der Waals surface area contributed by atoms with Crippen LogP contribution in [0.4, 0.5) is 0 Å². The Bertz CT molecular complexity index is 227. The Kier molecular flexibility index (Phi) is 4.83. The minimum absolute atomic E-state index is 0.720. The van der Waals surface area contributed by atoms with Crippen LogP contribution in [-0.2, 0) is 11.3 Å². The summed E-state index contributed by atoms with van der Waals surface area (Å²) in [4.78, 5) is 1.26. The zero-order valence-corrected chi connectivity index (χ0v) is 9.37. The van der Waals surface area contributed by atoms with Crippen molar-refractivity contribution in [3.63, 3.8) is 0 Å². The van der Waals surface area contributed by atoms with Crippen LogP contribution in [0.5, 0.6) is 0 Å². The van der Waals surface area contributed by atoms with Crippen LogP contribution in [0.3, 0.4) is 0 Å². The lowest BCUT2D eigenvalue weighted by atomic mass is 10.5. The van der Waals surface area contributed by atoms with E-state index >= 15 is 0 Å². The predicted molar refractivity (Wildman–Crippen MR) is 55.6 cm³/mol. The molecule has 4 heteroatoms. The molecular weight excluding hydrogens is 238 g/mol. The average molecular weight is 250 g/mol. The standard InChI is InChI=1S/C8H12BrNOS/c1-10-4-5-11-6-7-2-3-8(9)12-7/h2-3,10H,4-6H2,1H3. The fraction of sp³-hybridized carbons (Fsp3) is 0.500. The highest BCUT2D eigenvalue weighted by Gasteiger charge is 1.96. The second-order valence-electron chi connectivity index (χ2n) is 2.36. The summed E-state index contributed by atoms with van der Waals surface area (Å²) in [5.74, 6) is 0. The van der Waals surface area contributed by atoms with E-state index in [0.29, 0.717) is 0 Å². The van der Waals surface area contributed by atoms with Crippen molar-refractivity contribution in [2.75, 3.05) is 20.2 Å². The predicted octanol–water partition coefficient (Wildman–Crippen LogP) is 2.25. The maximum atomic E-state index is 5.40. The van der Waals surface area contributed by atoms with E-state index in [4.69, 9.17) is 4.74 Å². The summed E-state index contributed by atoms with van der Waals surface area (Å²) in [6.45, 7) is 2.40. The number of nitrogens with one attached hydrogen (secondary N) is 1. The highest BCUT2D eigenvalue weighted by molar-refractivity contribution is 9.11. The van der Waals surface area contributed by atoms with Crippen LogP contribution in [0.2, 0.25) is 0 Å². The van der Waals surface area contributed by atoms with E-state index < -0.39 is 0 Å². The normalized spacial score (nSPS) is 10.5. The first-order chi connectivity index (χ1) is 5.83. The molecule has 0 aliphatic carbocycles. The van der Waals surface area contributed by atoms with E-state index in [9.17, 15) is 0 Å². The van der Waals surface area contributed by atoms with Crippen molar-refractivity contribution < 1.29 is 4.74 Å². The summed E-state index contributed by atoms with van der Waals surface area (Å²) in [6, 6.07) is 4.12. The van der Waals surface area contributed by atoms with Gasteiger partial charge >= 0.3 is 0 Å². The van der Waals surface area contributed by atoms with Gasteiger partial charge in [-0.3, -0.25) is 0 Å². The fourth-order valence-corrected chi connectivity index (χ4v) is 2.20. The highest BCUT2D eigenvalue weighted by Crippen LogP contribution is 2.22. The van der Waals surface area contributed by atoms with E-state index in [2.05, 4.69) is 27.3 Å². The first kappa shape index (κ1) is 10.2. The van der Waals surface area contributed by atoms with Crippen LogP contribution in [0, 0.1) is 0 Å². The lowest BCUT2D eigenvalue weighted by Gasteiger charge is -2.00. The molecule has 0 saturated carbocycles. The molecule has 0 spiro atoms. The average Bonchev–Trinajstić information content (AvgIpc) is 2.45. The van der Waals surface area contributed by atoms with Gasteiger partial charge in [-0.15, -0.1) is 11.3 Å². The van der Waals surface area contributed by atoms with Crippen molar-refractivity contribution in [3.05, 3.63) is 20.8 Å². The van der Waals surface area contributed by atoms with Gasteiger partial charge in [0.25, 0.3) is 0 Å². The number of hydrogen-bond donors (Lipinski definition) is 1. The van der Waals surface area contributed by atoms with E-state index in [0.717, 1.165) is 23.5 Å². The quantitative estimate of drug-likeness (QED) is 0.809. The first-order valence-corrected chi connectivity index (χ1v) is 5.40. The molecule has 68 valence electrons. The zero-order valence-electron chi connectivity index (χ0n) is 6.97. The fourth-order valence-electron chi connectivity index (χ4n) is 0.776. The second-order valence-corrected chi connectivity index (χ2v) is 4.91. The molecule has 1 N–H and O–H groups in total. The molecule has 0 saturated heterocycles. The van der Waals surface area contributed by atoms with Crippen LogP contribution >= 0.6 is 27.3 Å². The van der Waals surface area contributed by atoms with Crippen molar-refractivity contribution in [2.24, 2.45) is 0 Å². The van der Waals surface area contributed by atoms with Crippen LogP contribution in [0.25, 0.3) is 0 Å². The number of halogens is 1.